The van der Waals surface area contributed by atoms with Crippen molar-refractivity contribution in [3.8, 4) is 0 Å². The Morgan fingerprint density at radius 2 is 1.83 bits per heavy atom. The van der Waals surface area contributed by atoms with E-state index in [1.807, 2.05) is 0 Å². The van der Waals surface area contributed by atoms with Crippen LogP contribution in [-0.4, -0.2) is 49.2 Å². The lowest BCUT2D eigenvalue weighted by Gasteiger charge is -2.32. The van der Waals surface area contributed by atoms with Gasteiger partial charge in [0.1, 0.15) is 0 Å². The highest BCUT2D eigenvalue weighted by Crippen LogP contribution is 2.37. The van der Waals surface area contributed by atoms with Crippen molar-refractivity contribution in [2.45, 2.75) is 50.2 Å². The lowest BCUT2D eigenvalue weighted by Crippen LogP contribution is -2.50. The summed E-state index contributed by atoms with van der Waals surface area (Å²) in [5.41, 5.74) is 0. The molecule has 0 radical (unpaired) electrons. The van der Waals surface area contributed by atoms with Crippen molar-refractivity contribution in [1.82, 2.24) is 10.6 Å². The average molecular weight is 463 g/mol. The molecule has 1 fully saturated rings. The molecule has 0 aromatic carbocycles. The van der Waals surface area contributed by atoms with Gasteiger partial charge in [0.15, 0.2) is 12.1 Å². The molecule has 3 unspecified atom stereocenters. The van der Waals surface area contributed by atoms with E-state index in [-0.39, 0.29) is 42.8 Å². The number of nitrogens with zero attached hydrogens (tertiary/aromatic N) is 1. The summed E-state index contributed by atoms with van der Waals surface area (Å²) in [6, 6.07) is -0.519. The molecule has 1 aliphatic rings. The molecule has 3 N–H and O–H groups in total. The van der Waals surface area contributed by atoms with E-state index >= 15 is 0 Å². The number of rotatable bonds is 3. The van der Waals surface area contributed by atoms with Gasteiger partial charge in [0.2, 0.25) is 0 Å². The van der Waals surface area contributed by atoms with Gasteiger partial charge in [-0.1, -0.05) is 6.42 Å². The van der Waals surface area contributed by atoms with Crippen LogP contribution in [0.5, 0.6) is 0 Å². The van der Waals surface area contributed by atoms with Crippen LogP contribution in [0.1, 0.15) is 25.7 Å². The largest absolute Gasteiger partial charge is 0.416 e. The van der Waals surface area contributed by atoms with E-state index < -0.39 is 37.0 Å². The number of aliphatic imine (C=N–C) groups is 1. The number of halogens is 7. The van der Waals surface area contributed by atoms with E-state index in [1.165, 1.54) is 7.05 Å². The van der Waals surface area contributed by atoms with Crippen molar-refractivity contribution in [2.75, 3.05) is 13.6 Å². The van der Waals surface area contributed by atoms with Crippen LogP contribution in [0.4, 0.5) is 26.3 Å². The van der Waals surface area contributed by atoms with Gasteiger partial charge in [-0.05, 0) is 19.3 Å². The van der Waals surface area contributed by atoms with Gasteiger partial charge < -0.3 is 15.7 Å². The molecule has 138 valence electrons. The molecule has 0 aromatic heterocycles. The van der Waals surface area contributed by atoms with Gasteiger partial charge in [-0.3, -0.25) is 4.99 Å². The fourth-order valence-corrected chi connectivity index (χ4v) is 2.32. The quantitative estimate of drug-likeness (QED) is 0.261. The number of nitrogens with one attached hydrogen (secondary N) is 2. The molecule has 0 aromatic rings. The predicted octanol–water partition coefficient (Wildman–Crippen LogP) is 2.81. The van der Waals surface area contributed by atoms with E-state index in [4.69, 9.17) is 5.11 Å². The zero-order valence-corrected chi connectivity index (χ0v) is 14.7. The summed E-state index contributed by atoms with van der Waals surface area (Å²) < 4.78 is 74.6. The van der Waals surface area contributed by atoms with E-state index in [0.717, 1.165) is 0 Å². The maximum absolute atomic E-state index is 12.7. The molecular weight excluding hydrogens is 443 g/mol. The smallest absolute Gasteiger partial charge is 0.382 e. The number of alkyl halides is 6. The van der Waals surface area contributed by atoms with Gasteiger partial charge in [0.05, 0.1) is 12.5 Å². The minimum atomic E-state index is -4.77. The van der Waals surface area contributed by atoms with Crippen LogP contribution < -0.4 is 10.6 Å². The molecule has 0 heterocycles. The molecule has 11 heteroatoms. The number of aliphatic hydroxyl groups excluding tert-OH is 1. The summed E-state index contributed by atoms with van der Waals surface area (Å²) in [5.74, 6) is -1.48. The highest BCUT2D eigenvalue weighted by molar-refractivity contribution is 14.0. The molecule has 1 rings (SSSR count). The van der Waals surface area contributed by atoms with Crippen LogP contribution in [-0.2, 0) is 0 Å². The van der Waals surface area contributed by atoms with Gasteiger partial charge >= 0.3 is 12.4 Å². The SMILES string of the molecule is CN=C(NCC(O)C(F)(F)F)NC1CCCC(C(F)(F)F)C1.I. The van der Waals surface area contributed by atoms with E-state index in [2.05, 4.69) is 15.6 Å². The molecule has 0 bridgehead atoms. The second kappa shape index (κ2) is 9.14. The van der Waals surface area contributed by atoms with Crippen LogP contribution >= 0.6 is 24.0 Å². The summed E-state index contributed by atoms with van der Waals surface area (Å²) >= 11 is 0. The second-order valence-corrected chi connectivity index (χ2v) is 5.26. The number of hydrogen-bond donors (Lipinski definition) is 3. The minimum Gasteiger partial charge on any atom is -0.382 e. The molecule has 0 spiro atoms. The zero-order valence-electron chi connectivity index (χ0n) is 12.3. The molecule has 3 atom stereocenters. The lowest BCUT2D eigenvalue weighted by atomic mass is 9.85. The molecule has 0 amide bonds. The van der Waals surface area contributed by atoms with Crippen molar-refractivity contribution in [3.05, 3.63) is 0 Å². The van der Waals surface area contributed by atoms with E-state index in [0.29, 0.717) is 12.8 Å². The number of aliphatic hydroxyl groups is 1. The normalized spacial score (nSPS) is 24.6. The highest BCUT2D eigenvalue weighted by atomic mass is 127. The summed E-state index contributed by atoms with van der Waals surface area (Å²) in [5, 5.41) is 13.8. The summed E-state index contributed by atoms with van der Waals surface area (Å²) in [6.45, 7) is -0.821. The summed E-state index contributed by atoms with van der Waals surface area (Å²) in [7, 11) is 1.29. The molecule has 4 nitrogen and oxygen atoms in total. The zero-order chi connectivity index (χ0) is 17.0. The molecule has 23 heavy (non-hydrogen) atoms. The third-order valence-electron chi connectivity index (χ3n) is 3.54. The van der Waals surface area contributed by atoms with Crippen molar-refractivity contribution in [1.29, 1.82) is 0 Å². The molecule has 0 aliphatic heterocycles. The Bertz CT molecular complexity index is 388. The van der Waals surface area contributed by atoms with Crippen LogP contribution in [0, 0.1) is 5.92 Å². The van der Waals surface area contributed by atoms with Crippen LogP contribution in [0.3, 0.4) is 0 Å². The van der Waals surface area contributed by atoms with Crippen molar-refractivity contribution < 1.29 is 31.4 Å². The first-order chi connectivity index (χ1) is 10.0. The number of hydrogen-bond acceptors (Lipinski definition) is 2. The summed E-state index contributed by atoms with van der Waals surface area (Å²) in [4.78, 5) is 3.66. The molecule has 0 saturated heterocycles. The second-order valence-electron chi connectivity index (χ2n) is 5.26. The Labute approximate surface area is 147 Å². The third kappa shape index (κ3) is 7.77. The van der Waals surface area contributed by atoms with Crippen LogP contribution in [0.2, 0.25) is 0 Å². The van der Waals surface area contributed by atoms with Crippen molar-refractivity contribution >= 4 is 29.9 Å². The lowest BCUT2D eigenvalue weighted by molar-refractivity contribution is -0.201. The Kier molecular flexibility index (Phi) is 8.95. The number of guanidine groups is 1. The standard InChI is InChI=1S/C12H19F6N3O.HI/c1-19-10(20-6-9(22)12(16,17)18)21-8-4-2-3-7(5-8)11(13,14)15;/h7-9,22H,2-6H2,1H3,(H2,19,20,21);1H. The highest BCUT2D eigenvalue weighted by Gasteiger charge is 2.42. The Morgan fingerprint density at radius 3 is 2.30 bits per heavy atom. The van der Waals surface area contributed by atoms with E-state index in [9.17, 15) is 26.3 Å². The Morgan fingerprint density at radius 1 is 1.22 bits per heavy atom. The molecule has 1 saturated carbocycles. The summed E-state index contributed by atoms with van der Waals surface area (Å²) in [6.07, 6.45) is -10.8. The van der Waals surface area contributed by atoms with E-state index in [1.54, 1.807) is 0 Å². The first kappa shape index (κ1) is 22.5. The van der Waals surface area contributed by atoms with Gasteiger partial charge in [0.25, 0.3) is 0 Å². The monoisotopic (exact) mass is 463 g/mol. The van der Waals surface area contributed by atoms with Gasteiger partial charge in [-0.2, -0.15) is 26.3 Å². The van der Waals surface area contributed by atoms with Gasteiger partial charge in [-0.25, -0.2) is 0 Å². The van der Waals surface area contributed by atoms with Crippen molar-refractivity contribution in [2.24, 2.45) is 10.9 Å². The van der Waals surface area contributed by atoms with Gasteiger partial charge in [-0.15, -0.1) is 24.0 Å². The molecular formula is C12H20F6IN3O. The predicted molar refractivity (Wildman–Crippen MR) is 83.8 cm³/mol. The van der Waals surface area contributed by atoms with Gasteiger partial charge in [0, 0.05) is 13.1 Å². The fraction of sp³-hybridized carbons (Fsp3) is 0.917. The molecule has 1 aliphatic carbocycles. The Balaban J connectivity index is 0.00000484. The van der Waals surface area contributed by atoms with Crippen LogP contribution in [0.15, 0.2) is 4.99 Å². The minimum absolute atomic E-state index is 0. The fourth-order valence-electron chi connectivity index (χ4n) is 2.32. The first-order valence-corrected chi connectivity index (χ1v) is 6.82. The van der Waals surface area contributed by atoms with Crippen molar-refractivity contribution in [3.63, 3.8) is 0 Å². The first-order valence-electron chi connectivity index (χ1n) is 6.82. The topological polar surface area (TPSA) is 56.7 Å². The average Bonchev–Trinajstić information content (AvgIpc) is 2.41. The van der Waals surface area contributed by atoms with Crippen LogP contribution in [0.25, 0.3) is 0 Å². The third-order valence-corrected chi connectivity index (χ3v) is 3.54. The maximum Gasteiger partial charge on any atom is 0.416 e. The maximum atomic E-state index is 12.7. The Hall–Kier alpha value is -0.460.